The molecule has 0 spiro atoms. The van der Waals surface area contributed by atoms with Crippen LogP contribution in [0.5, 0.6) is 0 Å². The van der Waals surface area contributed by atoms with Crippen LogP contribution >= 0.6 is 0 Å². The fraction of sp³-hybridized carbons (Fsp3) is 0.500. The zero-order valence-corrected chi connectivity index (χ0v) is 12.6. The predicted octanol–water partition coefficient (Wildman–Crippen LogP) is 1.50. The topological polar surface area (TPSA) is 75.4 Å². The zero-order chi connectivity index (χ0) is 15.4. The van der Waals surface area contributed by atoms with Crippen LogP contribution in [0.3, 0.4) is 0 Å². The van der Waals surface area contributed by atoms with Gasteiger partial charge >= 0.3 is 0 Å². The summed E-state index contributed by atoms with van der Waals surface area (Å²) >= 11 is 0. The number of anilines is 1. The summed E-state index contributed by atoms with van der Waals surface area (Å²) in [6.07, 6.45) is 1.01. The molecule has 1 amide bonds. The van der Waals surface area contributed by atoms with Gasteiger partial charge in [-0.15, -0.1) is 0 Å². The highest BCUT2D eigenvalue weighted by molar-refractivity contribution is 6.04. The van der Waals surface area contributed by atoms with Crippen molar-refractivity contribution in [1.29, 1.82) is 0 Å². The van der Waals surface area contributed by atoms with E-state index in [0.717, 1.165) is 19.5 Å². The van der Waals surface area contributed by atoms with E-state index in [-0.39, 0.29) is 17.7 Å². The summed E-state index contributed by atoms with van der Waals surface area (Å²) in [6, 6.07) is 7.18. The number of nitrogens with two attached hydrogens (primary N) is 1. The molecule has 2 atom stereocenters. The van der Waals surface area contributed by atoms with Crippen molar-refractivity contribution in [3.05, 3.63) is 29.8 Å². The van der Waals surface area contributed by atoms with Crippen molar-refractivity contribution in [2.75, 3.05) is 25.0 Å². The number of rotatable bonds is 4. The average molecular weight is 289 g/mol. The first-order valence-corrected chi connectivity index (χ1v) is 7.35. The first-order chi connectivity index (χ1) is 9.97. The zero-order valence-electron chi connectivity index (χ0n) is 12.6. The molecule has 2 rings (SSSR count). The second kappa shape index (κ2) is 6.83. The summed E-state index contributed by atoms with van der Waals surface area (Å²) in [5.41, 5.74) is 7.15. The second-order valence-corrected chi connectivity index (χ2v) is 5.81. The minimum absolute atomic E-state index is 0.0558. The summed E-state index contributed by atoms with van der Waals surface area (Å²) in [5.74, 6) is 0.341. The molecule has 5 heteroatoms. The number of nitrogens with one attached hydrogen (secondary N) is 1. The Hall–Kier alpha value is -1.72. The van der Waals surface area contributed by atoms with Gasteiger partial charge in [-0.25, -0.2) is 0 Å². The quantitative estimate of drug-likeness (QED) is 0.824. The van der Waals surface area contributed by atoms with Gasteiger partial charge in [-0.05, 0) is 37.9 Å². The lowest BCUT2D eigenvalue weighted by atomic mass is 9.94. The van der Waals surface area contributed by atoms with Gasteiger partial charge in [0.15, 0.2) is 5.78 Å². The number of carbonyl (C=O) groups excluding carboxylic acids is 2. The van der Waals surface area contributed by atoms with E-state index in [1.165, 1.54) is 6.92 Å². The van der Waals surface area contributed by atoms with Crippen molar-refractivity contribution in [2.45, 2.75) is 26.3 Å². The molecule has 2 unspecified atom stereocenters. The minimum atomic E-state index is -0.106. The number of likely N-dealkylation sites (tertiary alicyclic amines) is 1. The summed E-state index contributed by atoms with van der Waals surface area (Å²) in [6.45, 7) is 5.58. The molecule has 1 fully saturated rings. The summed E-state index contributed by atoms with van der Waals surface area (Å²) < 4.78 is 0. The number of benzene rings is 1. The molecule has 0 bridgehead atoms. The molecule has 5 nitrogen and oxygen atoms in total. The maximum atomic E-state index is 12.1. The molecule has 1 aromatic rings. The molecular weight excluding hydrogens is 266 g/mol. The number of nitrogens with zero attached hydrogens (tertiary/aromatic N) is 1. The molecule has 3 N–H and O–H groups in total. The van der Waals surface area contributed by atoms with Crippen LogP contribution in [-0.4, -0.2) is 42.3 Å². The first kappa shape index (κ1) is 15.7. The first-order valence-electron chi connectivity index (χ1n) is 7.35. The molecule has 1 aliphatic rings. The lowest BCUT2D eigenvalue weighted by Gasteiger charge is -2.34. The van der Waals surface area contributed by atoms with E-state index in [1.54, 1.807) is 24.3 Å². The van der Waals surface area contributed by atoms with Crippen molar-refractivity contribution >= 4 is 17.4 Å². The SMILES string of the molecule is CC(=O)c1ccccc1NC(=O)CN1CCC(C)C(N)C1. The maximum Gasteiger partial charge on any atom is 0.238 e. The normalized spacial score (nSPS) is 22.8. The van der Waals surface area contributed by atoms with Gasteiger partial charge in [-0.1, -0.05) is 19.1 Å². The van der Waals surface area contributed by atoms with Crippen LogP contribution in [0, 0.1) is 5.92 Å². The minimum Gasteiger partial charge on any atom is -0.326 e. The van der Waals surface area contributed by atoms with Gasteiger partial charge in [0.25, 0.3) is 0 Å². The molecule has 1 heterocycles. The molecular formula is C16H23N3O2. The van der Waals surface area contributed by atoms with Gasteiger partial charge in [0.05, 0.1) is 12.2 Å². The van der Waals surface area contributed by atoms with E-state index in [4.69, 9.17) is 5.73 Å². The smallest absolute Gasteiger partial charge is 0.238 e. The van der Waals surface area contributed by atoms with E-state index in [2.05, 4.69) is 17.1 Å². The molecule has 1 aliphatic heterocycles. The second-order valence-electron chi connectivity index (χ2n) is 5.81. The van der Waals surface area contributed by atoms with Crippen LogP contribution in [0.15, 0.2) is 24.3 Å². The summed E-state index contributed by atoms with van der Waals surface area (Å²) in [7, 11) is 0. The number of hydrogen-bond acceptors (Lipinski definition) is 4. The van der Waals surface area contributed by atoms with Crippen molar-refractivity contribution in [3.63, 3.8) is 0 Å². The van der Waals surface area contributed by atoms with Crippen LogP contribution < -0.4 is 11.1 Å². The largest absolute Gasteiger partial charge is 0.326 e. The van der Waals surface area contributed by atoms with Gasteiger partial charge in [-0.3, -0.25) is 14.5 Å². The van der Waals surface area contributed by atoms with Gasteiger partial charge in [0.2, 0.25) is 5.91 Å². The molecule has 0 aromatic heterocycles. The molecule has 114 valence electrons. The molecule has 21 heavy (non-hydrogen) atoms. The fourth-order valence-corrected chi connectivity index (χ4v) is 2.61. The third-order valence-electron chi connectivity index (χ3n) is 4.05. The lowest BCUT2D eigenvalue weighted by molar-refractivity contribution is -0.117. The summed E-state index contributed by atoms with van der Waals surface area (Å²) in [4.78, 5) is 25.7. The number of piperidine rings is 1. The van der Waals surface area contributed by atoms with E-state index in [1.807, 2.05) is 0 Å². The van der Waals surface area contributed by atoms with Gasteiger partial charge in [0.1, 0.15) is 0 Å². The Morgan fingerprint density at radius 3 is 2.76 bits per heavy atom. The number of para-hydroxylation sites is 1. The van der Waals surface area contributed by atoms with Crippen molar-refractivity contribution in [2.24, 2.45) is 11.7 Å². The van der Waals surface area contributed by atoms with Crippen molar-refractivity contribution in [3.8, 4) is 0 Å². The van der Waals surface area contributed by atoms with Crippen LogP contribution in [0.1, 0.15) is 30.6 Å². The van der Waals surface area contributed by atoms with Crippen LogP contribution in [0.25, 0.3) is 0 Å². The Morgan fingerprint density at radius 1 is 1.38 bits per heavy atom. The molecule has 0 radical (unpaired) electrons. The van der Waals surface area contributed by atoms with Crippen LogP contribution in [-0.2, 0) is 4.79 Å². The number of amides is 1. The third kappa shape index (κ3) is 4.12. The Balaban J connectivity index is 1.95. The monoisotopic (exact) mass is 289 g/mol. The molecule has 0 aliphatic carbocycles. The lowest BCUT2D eigenvalue weighted by Crippen LogP contribution is -2.49. The number of hydrogen-bond donors (Lipinski definition) is 2. The maximum absolute atomic E-state index is 12.1. The number of ketones is 1. The van der Waals surface area contributed by atoms with Gasteiger partial charge in [-0.2, -0.15) is 0 Å². The molecule has 0 saturated carbocycles. The van der Waals surface area contributed by atoms with Gasteiger partial charge < -0.3 is 11.1 Å². The van der Waals surface area contributed by atoms with Crippen LogP contribution in [0.2, 0.25) is 0 Å². The molecule has 1 saturated heterocycles. The number of Topliss-reactive ketones (excluding diaryl/α,β-unsaturated/α-hetero) is 1. The Morgan fingerprint density at radius 2 is 2.10 bits per heavy atom. The summed E-state index contributed by atoms with van der Waals surface area (Å²) in [5, 5.41) is 2.82. The Kier molecular flexibility index (Phi) is 5.09. The Labute approximate surface area is 125 Å². The van der Waals surface area contributed by atoms with Crippen LogP contribution in [0.4, 0.5) is 5.69 Å². The van der Waals surface area contributed by atoms with Crippen molar-refractivity contribution < 1.29 is 9.59 Å². The highest BCUT2D eigenvalue weighted by atomic mass is 16.2. The Bertz CT molecular complexity index is 530. The van der Waals surface area contributed by atoms with Crippen molar-refractivity contribution in [1.82, 2.24) is 4.90 Å². The fourth-order valence-electron chi connectivity index (χ4n) is 2.61. The highest BCUT2D eigenvalue weighted by Gasteiger charge is 2.24. The number of carbonyl (C=O) groups is 2. The predicted molar refractivity (Wildman–Crippen MR) is 83.3 cm³/mol. The van der Waals surface area contributed by atoms with E-state index in [0.29, 0.717) is 23.7 Å². The third-order valence-corrected chi connectivity index (χ3v) is 4.05. The van der Waals surface area contributed by atoms with E-state index >= 15 is 0 Å². The van der Waals surface area contributed by atoms with E-state index in [9.17, 15) is 9.59 Å². The van der Waals surface area contributed by atoms with E-state index < -0.39 is 0 Å². The standard InChI is InChI=1S/C16H23N3O2/c1-11-7-8-19(9-14(11)17)10-16(21)18-15-6-4-3-5-13(15)12(2)20/h3-6,11,14H,7-10,17H2,1-2H3,(H,18,21). The highest BCUT2D eigenvalue weighted by Crippen LogP contribution is 2.17. The van der Waals surface area contributed by atoms with Gasteiger partial charge in [0, 0.05) is 18.2 Å². The average Bonchev–Trinajstić information content (AvgIpc) is 2.43. The molecule has 1 aromatic carbocycles.